The highest BCUT2D eigenvalue weighted by Gasteiger charge is 2.16. The third-order valence-electron chi connectivity index (χ3n) is 1.25. The Bertz CT molecular complexity index is 234. The number of hydrogen-bond donors (Lipinski definition) is 0. The lowest BCUT2D eigenvalue weighted by atomic mass is 9.94. The van der Waals surface area contributed by atoms with Gasteiger partial charge in [0.25, 0.3) is 0 Å². The van der Waals surface area contributed by atoms with E-state index >= 15 is 0 Å². The van der Waals surface area contributed by atoms with Crippen molar-refractivity contribution in [2.75, 3.05) is 0 Å². The lowest BCUT2D eigenvalue weighted by Gasteiger charge is -2.00. The van der Waals surface area contributed by atoms with Crippen molar-refractivity contribution in [3.63, 3.8) is 0 Å². The Morgan fingerprint density at radius 1 is 1.70 bits per heavy atom. The molecule has 0 spiro atoms. The molecule has 0 aliphatic carbocycles. The molecule has 0 saturated heterocycles. The Morgan fingerprint density at radius 2 is 2.30 bits per heavy atom. The molecule has 0 aromatic carbocycles. The minimum Gasteiger partial charge on any atom is -0.424 e. The first-order valence-corrected chi connectivity index (χ1v) is 2.98. The van der Waals surface area contributed by atoms with Crippen LogP contribution in [0.3, 0.4) is 0 Å². The van der Waals surface area contributed by atoms with Crippen LogP contribution in [-0.4, -0.2) is 13.8 Å². The summed E-state index contributed by atoms with van der Waals surface area (Å²) in [5.41, 5.74) is 1.34. The molecule has 0 bridgehead atoms. The van der Waals surface area contributed by atoms with E-state index in [1.54, 1.807) is 13.8 Å². The number of ether oxygens (including phenoxy) is 1. The van der Waals surface area contributed by atoms with Crippen molar-refractivity contribution >= 4 is 13.8 Å². The number of allylic oxidation sites excluding steroid dienone is 2. The third-order valence-corrected chi connectivity index (χ3v) is 1.25. The normalized spacial score (nSPS) is 22.2. The van der Waals surface area contributed by atoms with E-state index in [4.69, 9.17) is 12.6 Å². The number of rotatable bonds is 0. The summed E-state index contributed by atoms with van der Waals surface area (Å²) in [6, 6.07) is 0. The van der Waals surface area contributed by atoms with E-state index in [-0.39, 0.29) is 5.97 Å². The van der Waals surface area contributed by atoms with Crippen LogP contribution in [0.25, 0.3) is 0 Å². The maximum atomic E-state index is 10.6. The summed E-state index contributed by atoms with van der Waals surface area (Å²) in [5, 5.41) is 0. The Labute approximate surface area is 61.0 Å². The summed E-state index contributed by atoms with van der Waals surface area (Å²) >= 11 is 0. The van der Waals surface area contributed by atoms with Crippen molar-refractivity contribution in [2.45, 2.75) is 13.8 Å². The van der Waals surface area contributed by atoms with Crippen LogP contribution in [-0.2, 0) is 9.53 Å². The predicted octanol–water partition coefficient (Wildman–Crippen LogP) is 0.889. The highest BCUT2D eigenvalue weighted by molar-refractivity contribution is 6.22. The molecule has 10 heavy (non-hydrogen) atoms. The second-order valence-corrected chi connectivity index (χ2v) is 2.26. The molecule has 2 radical (unpaired) electrons. The first-order valence-electron chi connectivity index (χ1n) is 2.98. The van der Waals surface area contributed by atoms with E-state index in [1.807, 2.05) is 0 Å². The molecule has 1 heterocycles. The monoisotopic (exact) mass is 134 g/mol. The third kappa shape index (κ3) is 1.13. The van der Waals surface area contributed by atoms with Crippen molar-refractivity contribution in [2.24, 2.45) is 0 Å². The maximum Gasteiger partial charge on any atom is 0.336 e. The van der Waals surface area contributed by atoms with E-state index in [0.29, 0.717) is 11.2 Å². The SMILES string of the molecule is [B]/C(C)=C1/OC(=O)C=C1C. The molecule has 0 unspecified atom stereocenters. The molecule has 1 aliphatic rings. The number of carbonyl (C=O) groups is 1. The molecule has 0 N–H and O–H groups in total. The highest BCUT2D eigenvalue weighted by atomic mass is 16.5. The zero-order chi connectivity index (χ0) is 7.72. The summed E-state index contributed by atoms with van der Waals surface area (Å²) in [5.74, 6) is 0.169. The van der Waals surface area contributed by atoms with Crippen LogP contribution in [0.4, 0.5) is 0 Å². The summed E-state index contributed by atoms with van der Waals surface area (Å²) in [6.45, 7) is 3.49. The van der Waals surface area contributed by atoms with E-state index in [1.165, 1.54) is 6.08 Å². The van der Waals surface area contributed by atoms with Gasteiger partial charge < -0.3 is 4.74 Å². The zero-order valence-electron chi connectivity index (χ0n) is 5.97. The fourth-order valence-corrected chi connectivity index (χ4v) is 0.844. The molecule has 1 rings (SSSR count). The summed E-state index contributed by atoms with van der Waals surface area (Å²) in [4.78, 5) is 10.6. The lowest BCUT2D eigenvalue weighted by Crippen LogP contribution is -1.93. The van der Waals surface area contributed by atoms with Crippen molar-refractivity contribution in [1.29, 1.82) is 0 Å². The predicted molar refractivity (Wildman–Crippen MR) is 38.3 cm³/mol. The van der Waals surface area contributed by atoms with E-state index in [2.05, 4.69) is 0 Å². The Kier molecular flexibility index (Phi) is 1.66. The van der Waals surface area contributed by atoms with E-state index in [9.17, 15) is 4.79 Å². The average molecular weight is 134 g/mol. The van der Waals surface area contributed by atoms with Crippen molar-refractivity contribution in [3.05, 3.63) is 22.9 Å². The van der Waals surface area contributed by atoms with Gasteiger partial charge in [-0.05, 0) is 19.4 Å². The molecule has 0 fully saturated rings. The zero-order valence-corrected chi connectivity index (χ0v) is 5.97. The van der Waals surface area contributed by atoms with Gasteiger partial charge in [0, 0.05) is 6.08 Å². The minimum atomic E-state index is -0.336. The summed E-state index contributed by atoms with van der Waals surface area (Å²) in [6.07, 6.45) is 1.42. The van der Waals surface area contributed by atoms with Gasteiger partial charge in [-0.15, -0.1) is 0 Å². The van der Waals surface area contributed by atoms with Gasteiger partial charge in [-0.2, -0.15) is 0 Å². The van der Waals surface area contributed by atoms with Gasteiger partial charge in [0.05, 0.1) is 0 Å². The van der Waals surface area contributed by atoms with Crippen LogP contribution in [0, 0.1) is 0 Å². The standard InChI is InChI=1S/C7H7BO2/c1-4-3-6(9)10-7(4)5(2)8/h3H,1-2H3/b7-5+. The number of hydrogen-bond acceptors (Lipinski definition) is 2. The van der Waals surface area contributed by atoms with Gasteiger partial charge >= 0.3 is 5.97 Å². The number of cyclic esters (lactones) is 1. The summed E-state index contributed by atoms with van der Waals surface area (Å²) in [7, 11) is 5.41. The Balaban J connectivity index is 2.99. The molecular weight excluding hydrogens is 127 g/mol. The van der Waals surface area contributed by atoms with Crippen LogP contribution < -0.4 is 0 Å². The van der Waals surface area contributed by atoms with Crippen LogP contribution in [0.15, 0.2) is 22.9 Å². The van der Waals surface area contributed by atoms with E-state index in [0.717, 1.165) is 5.57 Å². The van der Waals surface area contributed by atoms with Crippen LogP contribution in [0.1, 0.15) is 13.8 Å². The largest absolute Gasteiger partial charge is 0.424 e. The van der Waals surface area contributed by atoms with Gasteiger partial charge in [0.1, 0.15) is 13.6 Å². The van der Waals surface area contributed by atoms with Gasteiger partial charge in [-0.1, -0.05) is 5.47 Å². The number of esters is 1. The number of carbonyl (C=O) groups excluding carboxylic acids is 1. The Morgan fingerprint density at radius 3 is 2.50 bits per heavy atom. The quantitative estimate of drug-likeness (QED) is 0.363. The van der Waals surface area contributed by atoms with Gasteiger partial charge in [-0.25, -0.2) is 4.79 Å². The van der Waals surface area contributed by atoms with Crippen molar-refractivity contribution < 1.29 is 9.53 Å². The van der Waals surface area contributed by atoms with Crippen LogP contribution in [0.5, 0.6) is 0 Å². The van der Waals surface area contributed by atoms with Gasteiger partial charge in [0.2, 0.25) is 0 Å². The molecule has 1 aliphatic heterocycles. The van der Waals surface area contributed by atoms with Crippen molar-refractivity contribution in [3.8, 4) is 0 Å². The second kappa shape index (κ2) is 2.33. The first kappa shape index (κ1) is 7.13. The molecule has 0 amide bonds. The molecule has 0 atom stereocenters. The molecule has 50 valence electrons. The van der Waals surface area contributed by atoms with Crippen LogP contribution >= 0.6 is 0 Å². The Hall–Kier alpha value is -0.985. The lowest BCUT2D eigenvalue weighted by molar-refractivity contribution is -0.132. The van der Waals surface area contributed by atoms with Gasteiger partial charge in [0.15, 0.2) is 0 Å². The topological polar surface area (TPSA) is 26.3 Å². The molecule has 0 aromatic heterocycles. The molecular formula is C7H7BO2. The molecule has 3 heteroatoms. The van der Waals surface area contributed by atoms with Gasteiger partial charge in [-0.3, -0.25) is 0 Å². The first-order chi connectivity index (χ1) is 4.61. The van der Waals surface area contributed by atoms with Crippen molar-refractivity contribution in [1.82, 2.24) is 0 Å². The van der Waals surface area contributed by atoms with Crippen LogP contribution in [0.2, 0.25) is 0 Å². The molecule has 0 aromatic rings. The summed E-state index contributed by atoms with van der Waals surface area (Å²) < 4.78 is 4.76. The maximum absolute atomic E-state index is 10.6. The smallest absolute Gasteiger partial charge is 0.336 e. The second-order valence-electron chi connectivity index (χ2n) is 2.26. The molecule has 0 saturated carbocycles. The van der Waals surface area contributed by atoms with E-state index < -0.39 is 0 Å². The highest BCUT2D eigenvalue weighted by Crippen LogP contribution is 2.20. The average Bonchev–Trinajstić information content (AvgIpc) is 2.10. The molecule has 2 nitrogen and oxygen atoms in total. The fraction of sp³-hybridized carbons (Fsp3) is 0.286. The minimum absolute atomic E-state index is 0.336. The fourth-order valence-electron chi connectivity index (χ4n) is 0.844.